The van der Waals surface area contributed by atoms with Crippen molar-refractivity contribution in [3.05, 3.63) is 36.0 Å². The molecule has 1 aliphatic carbocycles. The second-order valence-electron chi connectivity index (χ2n) is 5.15. The number of rotatable bonds is 4. The number of benzene rings is 1. The van der Waals surface area contributed by atoms with Crippen molar-refractivity contribution in [2.24, 2.45) is 11.8 Å². The summed E-state index contributed by atoms with van der Waals surface area (Å²) in [5.74, 6) is -1.31. The summed E-state index contributed by atoms with van der Waals surface area (Å²) in [5, 5.41) is 12.4. The average molecular weight is 289 g/mol. The molecule has 0 aromatic heterocycles. The predicted molar refractivity (Wildman–Crippen MR) is 78.7 cm³/mol. The smallest absolute Gasteiger partial charge is 0.317 e. The Hall–Kier alpha value is -2.30. The Balaban J connectivity index is 2.10. The standard InChI is InChI=1S/C16H19NO4/c1-3-21-16(20)15-10(2)8-12(9-14(15)19)17-11-4-6-13(18)7-5-11/h4-7,9-10,15,17-18H,3,8H2,1-2H3/t10-,15+/m1/s1. The quantitative estimate of drug-likeness (QED) is 0.506. The molecule has 0 radical (unpaired) electrons. The molecule has 0 bridgehead atoms. The molecule has 21 heavy (non-hydrogen) atoms. The molecule has 0 amide bonds. The number of phenols is 1. The molecule has 2 rings (SSSR count). The van der Waals surface area contributed by atoms with E-state index in [1.807, 2.05) is 6.92 Å². The van der Waals surface area contributed by atoms with E-state index in [9.17, 15) is 14.7 Å². The summed E-state index contributed by atoms with van der Waals surface area (Å²) in [6.45, 7) is 3.87. The number of esters is 1. The minimum absolute atomic E-state index is 0.110. The summed E-state index contributed by atoms with van der Waals surface area (Å²) < 4.78 is 4.95. The van der Waals surface area contributed by atoms with Crippen LogP contribution in [0.4, 0.5) is 5.69 Å². The van der Waals surface area contributed by atoms with E-state index < -0.39 is 11.9 Å². The third kappa shape index (κ3) is 3.62. The first kappa shape index (κ1) is 15.1. The summed E-state index contributed by atoms with van der Waals surface area (Å²) >= 11 is 0. The lowest BCUT2D eigenvalue weighted by Gasteiger charge is -2.26. The highest BCUT2D eigenvalue weighted by Gasteiger charge is 2.36. The summed E-state index contributed by atoms with van der Waals surface area (Å²) in [6.07, 6.45) is 2.06. The van der Waals surface area contributed by atoms with Crippen LogP contribution in [0.1, 0.15) is 20.3 Å². The molecule has 0 heterocycles. The molecule has 1 aromatic carbocycles. The lowest BCUT2D eigenvalue weighted by molar-refractivity contribution is -0.152. The van der Waals surface area contributed by atoms with Crippen LogP contribution in [-0.4, -0.2) is 23.5 Å². The highest BCUT2D eigenvalue weighted by atomic mass is 16.5. The summed E-state index contributed by atoms with van der Waals surface area (Å²) in [7, 11) is 0. The van der Waals surface area contributed by atoms with E-state index in [2.05, 4.69) is 5.32 Å². The zero-order chi connectivity index (χ0) is 15.4. The van der Waals surface area contributed by atoms with Crippen LogP contribution in [0.2, 0.25) is 0 Å². The van der Waals surface area contributed by atoms with Gasteiger partial charge in [-0.2, -0.15) is 0 Å². The van der Waals surface area contributed by atoms with E-state index in [1.165, 1.54) is 6.08 Å². The number of carbonyl (C=O) groups excluding carboxylic acids is 2. The number of aromatic hydroxyl groups is 1. The Bertz CT molecular complexity index is 562. The normalized spacial score (nSPS) is 21.6. The summed E-state index contributed by atoms with van der Waals surface area (Å²) in [5.41, 5.74) is 1.55. The number of allylic oxidation sites excluding steroid dienone is 2. The Morgan fingerprint density at radius 2 is 2.05 bits per heavy atom. The predicted octanol–water partition coefficient (Wildman–Crippen LogP) is 2.48. The van der Waals surface area contributed by atoms with Gasteiger partial charge in [-0.15, -0.1) is 0 Å². The van der Waals surface area contributed by atoms with Gasteiger partial charge in [-0.1, -0.05) is 6.92 Å². The fourth-order valence-electron chi connectivity index (χ4n) is 2.46. The summed E-state index contributed by atoms with van der Waals surface area (Å²) in [4.78, 5) is 23.9. The number of nitrogens with one attached hydrogen (secondary N) is 1. The number of ether oxygens (including phenoxy) is 1. The molecule has 2 N–H and O–H groups in total. The number of hydrogen-bond donors (Lipinski definition) is 2. The molecule has 1 aromatic rings. The number of phenolic OH excluding ortho intramolecular Hbond substituents is 1. The van der Waals surface area contributed by atoms with Gasteiger partial charge in [-0.25, -0.2) is 0 Å². The van der Waals surface area contributed by atoms with Gasteiger partial charge in [0.2, 0.25) is 0 Å². The Morgan fingerprint density at radius 3 is 2.62 bits per heavy atom. The Morgan fingerprint density at radius 1 is 1.38 bits per heavy atom. The number of ketones is 1. The first-order valence-corrected chi connectivity index (χ1v) is 6.98. The maximum Gasteiger partial charge on any atom is 0.317 e. The van der Waals surface area contributed by atoms with E-state index in [-0.39, 0.29) is 24.1 Å². The maximum atomic E-state index is 12.1. The van der Waals surface area contributed by atoms with Gasteiger partial charge < -0.3 is 15.2 Å². The van der Waals surface area contributed by atoms with Crippen LogP contribution in [0.5, 0.6) is 5.75 Å². The molecule has 0 saturated heterocycles. The van der Waals surface area contributed by atoms with Crippen LogP contribution in [0.15, 0.2) is 36.0 Å². The molecule has 2 atom stereocenters. The Labute approximate surface area is 123 Å². The van der Waals surface area contributed by atoms with Gasteiger partial charge >= 0.3 is 5.97 Å². The topological polar surface area (TPSA) is 75.6 Å². The first-order valence-electron chi connectivity index (χ1n) is 6.98. The molecule has 5 heteroatoms. The molecule has 5 nitrogen and oxygen atoms in total. The third-order valence-electron chi connectivity index (χ3n) is 3.45. The van der Waals surface area contributed by atoms with E-state index >= 15 is 0 Å². The SMILES string of the molecule is CCOC(=O)[C@@H]1C(=O)C=C(Nc2ccc(O)cc2)C[C@H]1C. The van der Waals surface area contributed by atoms with Crippen molar-refractivity contribution in [2.45, 2.75) is 20.3 Å². The summed E-state index contributed by atoms with van der Waals surface area (Å²) in [6, 6.07) is 6.59. The van der Waals surface area contributed by atoms with Crippen molar-refractivity contribution >= 4 is 17.4 Å². The van der Waals surface area contributed by atoms with E-state index in [4.69, 9.17) is 4.74 Å². The molecule has 0 fully saturated rings. The van der Waals surface area contributed by atoms with Crippen molar-refractivity contribution in [3.63, 3.8) is 0 Å². The zero-order valence-electron chi connectivity index (χ0n) is 12.1. The van der Waals surface area contributed by atoms with Crippen LogP contribution in [0.25, 0.3) is 0 Å². The zero-order valence-corrected chi connectivity index (χ0v) is 12.1. The Kier molecular flexibility index (Phi) is 4.62. The molecule has 0 spiro atoms. The monoisotopic (exact) mass is 289 g/mol. The van der Waals surface area contributed by atoms with Gasteiger partial charge in [0.15, 0.2) is 5.78 Å². The van der Waals surface area contributed by atoms with Crippen LogP contribution >= 0.6 is 0 Å². The van der Waals surface area contributed by atoms with Gasteiger partial charge in [0.05, 0.1) is 6.61 Å². The van der Waals surface area contributed by atoms with E-state index in [0.29, 0.717) is 6.42 Å². The lowest BCUT2D eigenvalue weighted by atomic mass is 9.82. The lowest BCUT2D eigenvalue weighted by Crippen LogP contribution is -2.34. The highest BCUT2D eigenvalue weighted by molar-refractivity contribution is 6.06. The molecular weight excluding hydrogens is 270 g/mol. The molecule has 112 valence electrons. The molecule has 0 aliphatic heterocycles. The van der Waals surface area contributed by atoms with Crippen molar-refractivity contribution in [2.75, 3.05) is 11.9 Å². The van der Waals surface area contributed by atoms with E-state index in [1.54, 1.807) is 31.2 Å². The molecular formula is C16H19NO4. The fourth-order valence-corrected chi connectivity index (χ4v) is 2.46. The van der Waals surface area contributed by atoms with Gasteiger partial charge in [0.25, 0.3) is 0 Å². The number of anilines is 1. The van der Waals surface area contributed by atoms with Crippen molar-refractivity contribution in [1.29, 1.82) is 0 Å². The van der Waals surface area contributed by atoms with Crippen LogP contribution in [0, 0.1) is 11.8 Å². The number of carbonyl (C=O) groups is 2. The van der Waals surface area contributed by atoms with Gasteiger partial charge in [-0.05, 0) is 43.5 Å². The largest absolute Gasteiger partial charge is 0.508 e. The molecule has 0 unspecified atom stereocenters. The average Bonchev–Trinajstić information content (AvgIpc) is 2.41. The maximum absolute atomic E-state index is 12.1. The first-order chi connectivity index (χ1) is 10.0. The van der Waals surface area contributed by atoms with Crippen LogP contribution < -0.4 is 5.32 Å². The molecule has 0 saturated carbocycles. The van der Waals surface area contributed by atoms with Gasteiger partial charge in [0.1, 0.15) is 11.7 Å². The van der Waals surface area contributed by atoms with Crippen molar-refractivity contribution in [1.82, 2.24) is 0 Å². The highest BCUT2D eigenvalue weighted by Crippen LogP contribution is 2.29. The third-order valence-corrected chi connectivity index (χ3v) is 3.45. The van der Waals surface area contributed by atoms with Gasteiger partial charge in [-0.3, -0.25) is 9.59 Å². The minimum atomic E-state index is -0.713. The van der Waals surface area contributed by atoms with Crippen molar-refractivity contribution < 1.29 is 19.4 Å². The van der Waals surface area contributed by atoms with Crippen LogP contribution in [-0.2, 0) is 14.3 Å². The van der Waals surface area contributed by atoms with Crippen molar-refractivity contribution in [3.8, 4) is 5.75 Å². The van der Waals surface area contributed by atoms with Gasteiger partial charge in [0, 0.05) is 17.5 Å². The second kappa shape index (κ2) is 6.43. The van der Waals surface area contributed by atoms with E-state index in [0.717, 1.165) is 11.4 Å². The fraction of sp³-hybridized carbons (Fsp3) is 0.375. The second-order valence-corrected chi connectivity index (χ2v) is 5.15. The molecule has 1 aliphatic rings. The number of hydrogen-bond acceptors (Lipinski definition) is 5. The minimum Gasteiger partial charge on any atom is -0.508 e. The van der Waals surface area contributed by atoms with Crippen LogP contribution in [0.3, 0.4) is 0 Å².